The van der Waals surface area contributed by atoms with Gasteiger partial charge in [0.05, 0.1) is 0 Å². The van der Waals surface area contributed by atoms with Crippen LogP contribution in [0.25, 0.3) is 0 Å². The average molecular weight is 128 g/mol. The average Bonchev–Trinajstić information content (AvgIpc) is 1.97. The van der Waals surface area contributed by atoms with Crippen LogP contribution in [0.2, 0.25) is 0 Å². The topological polar surface area (TPSA) is 0 Å². The molecule has 0 aromatic rings. The molecule has 0 atom stereocenters. The zero-order valence-electron chi connectivity index (χ0n) is 5.62. The van der Waals surface area contributed by atoms with Crippen molar-refractivity contribution in [2.45, 2.75) is 0 Å². The largest absolute Gasteiger partial charge is 0.115 e. The maximum atomic E-state index is 4.95. The molecule has 0 heterocycles. The number of hydrogen-bond acceptors (Lipinski definition) is 0. The van der Waals surface area contributed by atoms with Gasteiger partial charge in [0.1, 0.15) is 0 Å². The van der Waals surface area contributed by atoms with Crippen LogP contribution in [0.15, 0.2) is 36.5 Å². The molecule has 48 valence electrons. The highest BCUT2D eigenvalue weighted by atomic mass is 13.6. The second-order valence-electron chi connectivity index (χ2n) is 1.44. The SMILES string of the molecule is C#C/C=C/C=C/C=C/C#C. The molecule has 0 aliphatic carbocycles. The lowest BCUT2D eigenvalue weighted by Crippen LogP contribution is -1.49. The predicted octanol–water partition coefficient (Wildman–Crippen LogP) is 1.92. The van der Waals surface area contributed by atoms with Gasteiger partial charge in [-0.3, -0.25) is 0 Å². The highest BCUT2D eigenvalue weighted by Gasteiger charge is 1.58. The van der Waals surface area contributed by atoms with Crippen LogP contribution in [0.4, 0.5) is 0 Å². The number of terminal acetylenes is 2. The van der Waals surface area contributed by atoms with Crippen molar-refractivity contribution in [3.8, 4) is 24.7 Å². The summed E-state index contributed by atoms with van der Waals surface area (Å²) in [5.41, 5.74) is 0. The van der Waals surface area contributed by atoms with Crippen molar-refractivity contribution in [1.29, 1.82) is 0 Å². The standard InChI is InChI=1S/C10H8/c1-3-5-7-9-10-8-6-4-2/h1-2,5-10H/b7-5+,8-6+,10-9+. The van der Waals surface area contributed by atoms with E-state index in [2.05, 4.69) is 11.8 Å². The second kappa shape index (κ2) is 7.34. The summed E-state index contributed by atoms with van der Waals surface area (Å²) < 4.78 is 0. The summed E-state index contributed by atoms with van der Waals surface area (Å²) in [5, 5.41) is 0. The number of hydrogen-bond donors (Lipinski definition) is 0. The quantitative estimate of drug-likeness (QED) is 0.393. The van der Waals surface area contributed by atoms with Gasteiger partial charge in [0.2, 0.25) is 0 Å². The fourth-order valence-corrected chi connectivity index (χ4v) is 0.351. The normalized spacial score (nSPS) is 10.6. The van der Waals surface area contributed by atoms with Gasteiger partial charge in [-0.2, -0.15) is 0 Å². The van der Waals surface area contributed by atoms with Crippen LogP contribution in [-0.4, -0.2) is 0 Å². The minimum absolute atomic E-state index is 1.61. The van der Waals surface area contributed by atoms with E-state index in [9.17, 15) is 0 Å². The molecule has 10 heavy (non-hydrogen) atoms. The lowest BCUT2D eigenvalue weighted by Gasteiger charge is -1.68. The summed E-state index contributed by atoms with van der Waals surface area (Å²) in [7, 11) is 0. The van der Waals surface area contributed by atoms with Gasteiger partial charge < -0.3 is 0 Å². The van der Waals surface area contributed by atoms with Gasteiger partial charge in [0.15, 0.2) is 0 Å². The van der Waals surface area contributed by atoms with E-state index >= 15 is 0 Å². The summed E-state index contributed by atoms with van der Waals surface area (Å²) in [4.78, 5) is 0. The van der Waals surface area contributed by atoms with Crippen LogP contribution < -0.4 is 0 Å². The van der Waals surface area contributed by atoms with E-state index in [-0.39, 0.29) is 0 Å². The van der Waals surface area contributed by atoms with E-state index in [1.54, 1.807) is 24.3 Å². The van der Waals surface area contributed by atoms with E-state index < -0.39 is 0 Å². The first kappa shape index (κ1) is 8.34. The van der Waals surface area contributed by atoms with E-state index in [1.165, 1.54) is 0 Å². The number of allylic oxidation sites excluding steroid dienone is 6. The maximum absolute atomic E-state index is 4.95. The summed E-state index contributed by atoms with van der Waals surface area (Å²) in [6.45, 7) is 0. The van der Waals surface area contributed by atoms with Crippen LogP contribution in [0, 0.1) is 24.7 Å². The van der Waals surface area contributed by atoms with Gasteiger partial charge >= 0.3 is 0 Å². The molecule has 0 N–H and O–H groups in total. The summed E-state index contributed by atoms with van der Waals surface area (Å²) in [6.07, 6.45) is 20.3. The molecular weight excluding hydrogens is 120 g/mol. The molecule has 0 spiro atoms. The zero-order chi connectivity index (χ0) is 7.66. The van der Waals surface area contributed by atoms with Crippen molar-refractivity contribution in [1.82, 2.24) is 0 Å². The van der Waals surface area contributed by atoms with Gasteiger partial charge in [0, 0.05) is 0 Å². The Morgan fingerprint density at radius 2 is 1.10 bits per heavy atom. The molecule has 0 saturated carbocycles. The van der Waals surface area contributed by atoms with E-state index in [0.29, 0.717) is 0 Å². The Balaban J connectivity index is 3.62. The molecule has 0 nitrogen and oxygen atoms in total. The molecule has 0 heteroatoms. The lowest BCUT2D eigenvalue weighted by molar-refractivity contribution is 1.91. The molecular formula is C10H8. The highest BCUT2D eigenvalue weighted by molar-refractivity contribution is 5.21. The molecule has 0 saturated heterocycles. The molecule has 0 bridgehead atoms. The Kier molecular flexibility index (Phi) is 6.12. The molecule has 0 fully saturated rings. The third kappa shape index (κ3) is 6.34. The minimum Gasteiger partial charge on any atom is -0.115 e. The smallest absolute Gasteiger partial charge is 0.0122 e. The summed E-state index contributed by atoms with van der Waals surface area (Å²) in [5.74, 6) is 4.72. The molecule has 0 unspecified atom stereocenters. The van der Waals surface area contributed by atoms with E-state index in [1.807, 2.05) is 12.2 Å². The highest BCUT2D eigenvalue weighted by Crippen LogP contribution is 1.77. The zero-order valence-corrected chi connectivity index (χ0v) is 5.62. The molecule has 0 aliphatic rings. The molecule has 0 rings (SSSR count). The van der Waals surface area contributed by atoms with Crippen molar-refractivity contribution >= 4 is 0 Å². The lowest BCUT2D eigenvalue weighted by atomic mass is 10.4. The molecule has 0 aliphatic heterocycles. The second-order valence-corrected chi connectivity index (χ2v) is 1.44. The Hall–Kier alpha value is -1.66. The minimum atomic E-state index is 1.61. The van der Waals surface area contributed by atoms with Crippen LogP contribution in [0.3, 0.4) is 0 Å². The molecule has 0 aromatic carbocycles. The van der Waals surface area contributed by atoms with Crippen molar-refractivity contribution in [2.24, 2.45) is 0 Å². The first-order chi connectivity index (χ1) is 4.91. The fourth-order valence-electron chi connectivity index (χ4n) is 0.351. The van der Waals surface area contributed by atoms with Gasteiger partial charge in [-0.25, -0.2) is 0 Å². The van der Waals surface area contributed by atoms with Gasteiger partial charge in [0.25, 0.3) is 0 Å². The number of rotatable bonds is 2. The Labute approximate surface area is 62.0 Å². The van der Waals surface area contributed by atoms with Crippen LogP contribution in [0.5, 0.6) is 0 Å². The predicted molar refractivity (Wildman–Crippen MR) is 45.1 cm³/mol. The van der Waals surface area contributed by atoms with Gasteiger partial charge in [-0.15, -0.1) is 12.8 Å². The van der Waals surface area contributed by atoms with Gasteiger partial charge in [-0.1, -0.05) is 36.1 Å². The molecule has 0 aromatic heterocycles. The van der Waals surface area contributed by atoms with Crippen molar-refractivity contribution in [3.05, 3.63) is 36.5 Å². The van der Waals surface area contributed by atoms with Crippen molar-refractivity contribution in [3.63, 3.8) is 0 Å². The van der Waals surface area contributed by atoms with Crippen molar-refractivity contribution in [2.75, 3.05) is 0 Å². The van der Waals surface area contributed by atoms with E-state index in [0.717, 1.165) is 0 Å². The fraction of sp³-hybridized carbons (Fsp3) is 0. The molecule has 0 radical (unpaired) electrons. The van der Waals surface area contributed by atoms with Gasteiger partial charge in [-0.05, 0) is 12.2 Å². The maximum Gasteiger partial charge on any atom is -0.0122 e. The van der Waals surface area contributed by atoms with Crippen LogP contribution in [-0.2, 0) is 0 Å². The Bertz CT molecular complexity index is 200. The Morgan fingerprint density at radius 3 is 1.40 bits per heavy atom. The third-order valence-corrected chi connectivity index (χ3v) is 0.718. The van der Waals surface area contributed by atoms with Crippen LogP contribution in [0.1, 0.15) is 0 Å². The first-order valence-electron chi connectivity index (χ1n) is 2.82. The summed E-state index contributed by atoms with van der Waals surface area (Å²) in [6, 6.07) is 0. The van der Waals surface area contributed by atoms with E-state index in [4.69, 9.17) is 12.8 Å². The van der Waals surface area contributed by atoms with Crippen LogP contribution >= 0.6 is 0 Å². The molecule has 0 amide bonds. The summed E-state index contributed by atoms with van der Waals surface area (Å²) >= 11 is 0. The van der Waals surface area contributed by atoms with Crippen molar-refractivity contribution < 1.29 is 0 Å². The monoisotopic (exact) mass is 128 g/mol. The Morgan fingerprint density at radius 1 is 0.700 bits per heavy atom. The first-order valence-corrected chi connectivity index (χ1v) is 2.82. The third-order valence-electron chi connectivity index (χ3n) is 0.718.